The lowest BCUT2D eigenvalue weighted by molar-refractivity contribution is -0.167. The van der Waals surface area contributed by atoms with Crippen molar-refractivity contribution in [2.75, 3.05) is 13.2 Å². The highest BCUT2D eigenvalue weighted by Crippen LogP contribution is 2.15. The van der Waals surface area contributed by atoms with Crippen molar-refractivity contribution in [3.05, 3.63) is 122 Å². The maximum atomic E-state index is 12.8. The van der Waals surface area contributed by atoms with Crippen molar-refractivity contribution in [2.24, 2.45) is 0 Å². The molecule has 1 atom stereocenters. The predicted octanol–water partition coefficient (Wildman–Crippen LogP) is 22.0. The second-order valence-corrected chi connectivity index (χ2v) is 20.9. The quantitative estimate of drug-likeness (QED) is 0.0261. The van der Waals surface area contributed by atoms with Crippen molar-refractivity contribution in [3.8, 4) is 0 Å². The first-order valence-electron chi connectivity index (χ1n) is 32.0. The zero-order valence-electron chi connectivity index (χ0n) is 50.2. The van der Waals surface area contributed by atoms with E-state index in [2.05, 4.69) is 142 Å². The first-order chi connectivity index (χ1) is 38.0. The summed E-state index contributed by atoms with van der Waals surface area (Å²) < 4.78 is 16.8. The zero-order valence-corrected chi connectivity index (χ0v) is 50.2. The standard InChI is InChI=1S/C71H118O6/c1-4-7-10-13-16-18-20-22-24-26-27-28-29-30-31-32-33-34-35-36-37-38-39-40-41-42-43-45-46-48-50-52-55-58-61-64-70(73)76-67-68(66-75-69(72)63-60-57-54-15-12-9-6-3)77-71(74)65-62-59-56-53-51-49-47-44-25-23-21-19-17-14-11-8-5-2/h7,10,16-19,22-25,27-28,30-31,33-34,36-37,39-40,68H,4-6,8-9,11-15,20-21,26,29,32,35,38,41-67H2,1-3H3/b10-7-,18-16-,19-17-,24-22-,25-23-,28-27-,31-30-,34-33-,37-36-,40-39-. The maximum Gasteiger partial charge on any atom is 0.306 e. The molecule has 0 bridgehead atoms. The highest BCUT2D eigenvalue weighted by Gasteiger charge is 2.19. The fourth-order valence-corrected chi connectivity index (χ4v) is 8.67. The van der Waals surface area contributed by atoms with Gasteiger partial charge in [-0.3, -0.25) is 14.4 Å². The molecule has 0 saturated heterocycles. The normalized spacial score (nSPS) is 12.9. The summed E-state index contributed by atoms with van der Waals surface area (Å²) in [4.78, 5) is 38.0. The lowest BCUT2D eigenvalue weighted by Crippen LogP contribution is -2.30. The Balaban J connectivity index is 4.11. The van der Waals surface area contributed by atoms with Gasteiger partial charge in [-0.25, -0.2) is 0 Å². The topological polar surface area (TPSA) is 78.9 Å². The number of carbonyl (C=O) groups is 3. The second-order valence-electron chi connectivity index (χ2n) is 20.9. The van der Waals surface area contributed by atoms with E-state index in [1.165, 1.54) is 128 Å². The monoisotopic (exact) mass is 1070 g/mol. The summed E-state index contributed by atoms with van der Waals surface area (Å²) >= 11 is 0. The molecule has 0 rings (SSSR count). The number of carbonyl (C=O) groups excluding carboxylic acids is 3. The lowest BCUT2D eigenvalue weighted by atomic mass is 10.1. The molecule has 0 saturated carbocycles. The maximum absolute atomic E-state index is 12.8. The molecule has 0 fully saturated rings. The number of allylic oxidation sites excluding steroid dienone is 20. The average molecular weight is 1070 g/mol. The van der Waals surface area contributed by atoms with Crippen LogP contribution in [0.5, 0.6) is 0 Å². The van der Waals surface area contributed by atoms with E-state index in [0.29, 0.717) is 19.3 Å². The molecule has 0 spiro atoms. The molecule has 6 heteroatoms. The molecule has 438 valence electrons. The molecule has 1 unspecified atom stereocenters. The number of hydrogen-bond donors (Lipinski definition) is 0. The summed E-state index contributed by atoms with van der Waals surface area (Å²) in [7, 11) is 0. The van der Waals surface area contributed by atoms with E-state index < -0.39 is 6.10 Å². The van der Waals surface area contributed by atoms with Gasteiger partial charge in [0.05, 0.1) is 0 Å². The summed E-state index contributed by atoms with van der Waals surface area (Å²) in [5, 5.41) is 0. The third-order valence-corrected chi connectivity index (χ3v) is 13.5. The van der Waals surface area contributed by atoms with Crippen LogP contribution in [0.2, 0.25) is 0 Å². The fraction of sp³-hybridized carbons (Fsp3) is 0.676. The van der Waals surface area contributed by atoms with Crippen LogP contribution in [-0.4, -0.2) is 37.2 Å². The van der Waals surface area contributed by atoms with Gasteiger partial charge in [-0.05, 0) is 116 Å². The van der Waals surface area contributed by atoms with Gasteiger partial charge >= 0.3 is 17.9 Å². The molecule has 0 radical (unpaired) electrons. The van der Waals surface area contributed by atoms with Crippen LogP contribution >= 0.6 is 0 Å². The summed E-state index contributed by atoms with van der Waals surface area (Å²) in [6, 6.07) is 0. The molecule has 0 aromatic carbocycles. The smallest absolute Gasteiger partial charge is 0.306 e. The van der Waals surface area contributed by atoms with Crippen molar-refractivity contribution in [1.29, 1.82) is 0 Å². The van der Waals surface area contributed by atoms with Gasteiger partial charge < -0.3 is 14.2 Å². The first-order valence-corrected chi connectivity index (χ1v) is 32.0. The lowest BCUT2D eigenvalue weighted by Gasteiger charge is -2.18. The van der Waals surface area contributed by atoms with Crippen molar-refractivity contribution in [1.82, 2.24) is 0 Å². The van der Waals surface area contributed by atoms with E-state index in [0.717, 1.165) is 122 Å². The van der Waals surface area contributed by atoms with Gasteiger partial charge in [-0.2, -0.15) is 0 Å². The first kappa shape index (κ1) is 72.8. The highest BCUT2D eigenvalue weighted by molar-refractivity contribution is 5.71. The Hall–Kier alpha value is -4.19. The molecular formula is C71H118O6. The number of ether oxygens (including phenoxy) is 3. The van der Waals surface area contributed by atoms with E-state index in [9.17, 15) is 14.4 Å². The predicted molar refractivity (Wildman–Crippen MR) is 334 cm³/mol. The van der Waals surface area contributed by atoms with Crippen LogP contribution in [0, 0.1) is 0 Å². The number of esters is 3. The molecule has 6 nitrogen and oxygen atoms in total. The largest absolute Gasteiger partial charge is 0.462 e. The molecule has 0 amide bonds. The molecule has 77 heavy (non-hydrogen) atoms. The van der Waals surface area contributed by atoms with E-state index >= 15 is 0 Å². The summed E-state index contributed by atoms with van der Waals surface area (Å²) in [6.07, 6.45) is 89.4. The Morgan fingerprint density at radius 1 is 0.273 bits per heavy atom. The SMILES string of the molecule is CC/C=C\C/C=C\C/C=C\C/C=C\C/C=C\C/C=C\C/C=C\C/C=C\CCCCCCCCCCCCC(=O)OCC(COC(=O)CCCCCCCCC)OC(=O)CCCCCCCCC/C=C\C/C=C\CCCCC. The molecule has 0 aliphatic heterocycles. The Bertz CT molecular complexity index is 1600. The van der Waals surface area contributed by atoms with Crippen LogP contribution in [-0.2, 0) is 28.6 Å². The Kier molecular flexibility index (Phi) is 60.8. The fourth-order valence-electron chi connectivity index (χ4n) is 8.67. The van der Waals surface area contributed by atoms with Crippen molar-refractivity contribution >= 4 is 17.9 Å². The minimum Gasteiger partial charge on any atom is -0.462 e. The number of hydrogen-bond acceptors (Lipinski definition) is 6. The molecule has 0 aromatic rings. The van der Waals surface area contributed by atoms with Gasteiger partial charge in [0.2, 0.25) is 0 Å². The van der Waals surface area contributed by atoms with E-state index in [-0.39, 0.29) is 31.1 Å². The Labute approximate surface area is 475 Å². The highest BCUT2D eigenvalue weighted by atomic mass is 16.6. The van der Waals surface area contributed by atoms with Crippen molar-refractivity contribution in [3.63, 3.8) is 0 Å². The molecule has 0 heterocycles. The van der Waals surface area contributed by atoms with E-state index in [1.807, 2.05) is 0 Å². The van der Waals surface area contributed by atoms with Gasteiger partial charge in [0, 0.05) is 19.3 Å². The van der Waals surface area contributed by atoms with Gasteiger partial charge in [0.25, 0.3) is 0 Å². The van der Waals surface area contributed by atoms with Gasteiger partial charge in [0.15, 0.2) is 6.10 Å². The third-order valence-electron chi connectivity index (χ3n) is 13.5. The molecule has 0 aliphatic carbocycles. The van der Waals surface area contributed by atoms with Crippen LogP contribution in [0.15, 0.2) is 122 Å². The Morgan fingerprint density at radius 3 is 0.818 bits per heavy atom. The summed E-state index contributed by atoms with van der Waals surface area (Å²) in [5.41, 5.74) is 0. The van der Waals surface area contributed by atoms with Crippen LogP contribution in [0.1, 0.15) is 290 Å². The second kappa shape index (κ2) is 64.3. The minimum atomic E-state index is -0.783. The molecule has 0 aliphatic rings. The summed E-state index contributed by atoms with van der Waals surface area (Å²) in [5.74, 6) is -0.898. The van der Waals surface area contributed by atoms with Crippen molar-refractivity contribution in [2.45, 2.75) is 297 Å². The molecule has 0 aromatic heterocycles. The number of rotatable bonds is 57. The van der Waals surface area contributed by atoms with Crippen LogP contribution in [0.25, 0.3) is 0 Å². The zero-order chi connectivity index (χ0) is 55.7. The van der Waals surface area contributed by atoms with Gasteiger partial charge in [0.1, 0.15) is 13.2 Å². The average Bonchev–Trinajstić information content (AvgIpc) is 3.43. The van der Waals surface area contributed by atoms with Gasteiger partial charge in [-0.15, -0.1) is 0 Å². The van der Waals surface area contributed by atoms with Crippen molar-refractivity contribution < 1.29 is 28.6 Å². The molecular weight excluding hydrogens is 949 g/mol. The minimum absolute atomic E-state index is 0.0819. The third kappa shape index (κ3) is 62.5. The van der Waals surface area contributed by atoms with Crippen LogP contribution in [0.3, 0.4) is 0 Å². The van der Waals surface area contributed by atoms with Gasteiger partial charge in [-0.1, -0.05) is 277 Å². The Morgan fingerprint density at radius 2 is 0.506 bits per heavy atom. The van der Waals surface area contributed by atoms with E-state index in [4.69, 9.17) is 14.2 Å². The van der Waals surface area contributed by atoms with Crippen LogP contribution in [0.4, 0.5) is 0 Å². The number of unbranched alkanes of at least 4 members (excludes halogenated alkanes) is 26. The van der Waals surface area contributed by atoms with E-state index in [1.54, 1.807) is 0 Å². The summed E-state index contributed by atoms with van der Waals surface area (Å²) in [6.45, 7) is 6.46. The molecule has 0 N–H and O–H groups in total. The van der Waals surface area contributed by atoms with Crippen LogP contribution < -0.4 is 0 Å².